The minimum Gasteiger partial charge on any atom is -0.461 e. The van der Waals surface area contributed by atoms with Gasteiger partial charge < -0.3 is 15.0 Å². The molecule has 3 rings (SSSR count). The topological polar surface area (TPSA) is 145 Å². The number of aromatic nitrogens is 5. The third kappa shape index (κ3) is 3.33. The predicted octanol–water partition coefficient (Wildman–Crippen LogP) is 0.945. The van der Waals surface area contributed by atoms with Crippen LogP contribution < -0.4 is 0 Å². The highest BCUT2D eigenvalue weighted by molar-refractivity contribution is 6.41. The van der Waals surface area contributed by atoms with Crippen molar-refractivity contribution in [2.24, 2.45) is 0 Å². The Kier molecular flexibility index (Phi) is 5.47. The number of carbonyl (C=O) groups excluding carboxylic acids is 2. The second-order valence-electron chi connectivity index (χ2n) is 5.33. The van der Waals surface area contributed by atoms with Gasteiger partial charge in [0.15, 0.2) is 0 Å². The lowest BCUT2D eigenvalue weighted by atomic mass is 10.1. The van der Waals surface area contributed by atoms with Gasteiger partial charge in [0.05, 0.1) is 13.2 Å². The van der Waals surface area contributed by atoms with E-state index in [1.807, 2.05) is 6.07 Å². The Morgan fingerprint density at radius 1 is 1.07 bits per heavy atom. The molecule has 0 unspecified atom stereocenters. The Morgan fingerprint density at radius 2 is 1.79 bits per heavy atom. The molecule has 2 aromatic heterocycles. The van der Waals surface area contributed by atoms with Gasteiger partial charge in [-0.25, -0.2) is 9.59 Å². The zero-order chi connectivity index (χ0) is 20.1. The van der Waals surface area contributed by atoms with E-state index in [1.165, 1.54) is 0 Å². The summed E-state index contributed by atoms with van der Waals surface area (Å²) in [5, 5.41) is 15.9. The molecule has 0 amide bonds. The molecule has 0 fully saturated rings. The fourth-order valence-electron chi connectivity index (χ4n) is 2.48. The summed E-state index contributed by atoms with van der Waals surface area (Å²) in [6.45, 7) is 3.29. The fraction of sp³-hybridized carbons (Fsp3) is 0.235. The lowest BCUT2D eigenvalue weighted by Gasteiger charge is -2.06. The van der Waals surface area contributed by atoms with Crippen LogP contribution in [0.1, 0.15) is 30.0 Å². The number of ether oxygens (including phenoxy) is 2. The summed E-state index contributed by atoms with van der Waals surface area (Å²) in [7, 11) is 0. The highest BCUT2D eigenvalue weighted by Crippen LogP contribution is 2.22. The van der Waals surface area contributed by atoms with Crippen molar-refractivity contribution in [2.45, 2.75) is 13.8 Å². The molecule has 2 heterocycles. The SMILES string of the molecule is CCOC(=O)C(=[N+]=[N-])c1c(C(=O)OCC)nnc2c(-c3ccccc3)nnn12. The minimum atomic E-state index is -0.971. The van der Waals surface area contributed by atoms with Crippen molar-refractivity contribution >= 4 is 23.3 Å². The molecule has 0 aliphatic carbocycles. The smallest absolute Gasteiger partial charge is 0.427 e. The maximum atomic E-state index is 12.3. The van der Waals surface area contributed by atoms with Crippen molar-refractivity contribution in [3.8, 4) is 11.3 Å². The molecule has 0 N–H and O–H groups in total. The van der Waals surface area contributed by atoms with Crippen LogP contribution in [0.2, 0.25) is 0 Å². The first-order valence-electron chi connectivity index (χ1n) is 8.36. The highest BCUT2D eigenvalue weighted by Gasteiger charge is 2.36. The molecular weight excluding hydrogens is 366 g/mol. The van der Waals surface area contributed by atoms with Gasteiger partial charge in [-0.15, -0.1) is 15.3 Å². The van der Waals surface area contributed by atoms with E-state index >= 15 is 0 Å². The van der Waals surface area contributed by atoms with Crippen molar-refractivity contribution in [2.75, 3.05) is 13.2 Å². The van der Waals surface area contributed by atoms with Crippen LogP contribution in [0.25, 0.3) is 22.4 Å². The van der Waals surface area contributed by atoms with Gasteiger partial charge >= 0.3 is 17.7 Å². The number of esters is 2. The summed E-state index contributed by atoms with van der Waals surface area (Å²) in [6.07, 6.45) is 0. The Bertz CT molecular complexity index is 1090. The summed E-state index contributed by atoms with van der Waals surface area (Å²) in [5.74, 6) is -1.84. The average Bonchev–Trinajstić information content (AvgIpc) is 3.14. The third-order valence-electron chi connectivity index (χ3n) is 3.64. The van der Waals surface area contributed by atoms with E-state index in [-0.39, 0.29) is 30.2 Å². The van der Waals surface area contributed by atoms with E-state index in [9.17, 15) is 15.1 Å². The van der Waals surface area contributed by atoms with Gasteiger partial charge in [-0.1, -0.05) is 35.5 Å². The lowest BCUT2D eigenvalue weighted by Crippen LogP contribution is -2.28. The van der Waals surface area contributed by atoms with E-state index in [2.05, 4.69) is 25.3 Å². The molecule has 0 aliphatic rings. The number of rotatable bonds is 6. The van der Waals surface area contributed by atoms with E-state index in [4.69, 9.17) is 9.47 Å². The van der Waals surface area contributed by atoms with Crippen LogP contribution in [0.15, 0.2) is 30.3 Å². The van der Waals surface area contributed by atoms with Crippen molar-refractivity contribution < 1.29 is 23.9 Å². The monoisotopic (exact) mass is 381 g/mol. The molecule has 0 radical (unpaired) electrons. The third-order valence-corrected chi connectivity index (χ3v) is 3.64. The van der Waals surface area contributed by atoms with E-state index in [0.29, 0.717) is 11.3 Å². The van der Waals surface area contributed by atoms with Crippen LogP contribution in [0, 0.1) is 0 Å². The largest absolute Gasteiger partial charge is 0.461 e. The molecular formula is C17H15N7O4. The second-order valence-corrected chi connectivity index (χ2v) is 5.33. The zero-order valence-electron chi connectivity index (χ0n) is 15.1. The van der Waals surface area contributed by atoms with Crippen LogP contribution in [-0.2, 0) is 14.3 Å². The second kappa shape index (κ2) is 8.14. The predicted molar refractivity (Wildman–Crippen MR) is 94.3 cm³/mol. The van der Waals surface area contributed by atoms with Gasteiger partial charge in [0.2, 0.25) is 17.0 Å². The standard InChI is InChI=1S/C17H15N7O4/c1-3-27-16(25)12(19-18)14-13(17(26)28-4-2)20-22-15-11(21-23-24(14)15)10-8-6-5-7-9-10/h5-9H,3-4H2,1-2H3. The van der Waals surface area contributed by atoms with Gasteiger partial charge in [0.25, 0.3) is 0 Å². The summed E-state index contributed by atoms with van der Waals surface area (Å²) < 4.78 is 10.9. The molecule has 1 aromatic carbocycles. The summed E-state index contributed by atoms with van der Waals surface area (Å²) in [6, 6.07) is 9.03. The highest BCUT2D eigenvalue weighted by atomic mass is 16.5. The van der Waals surface area contributed by atoms with Crippen molar-refractivity contribution in [3.63, 3.8) is 0 Å². The van der Waals surface area contributed by atoms with E-state index in [0.717, 1.165) is 4.52 Å². The maximum absolute atomic E-state index is 12.3. The van der Waals surface area contributed by atoms with Crippen molar-refractivity contribution in [1.82, 2.24) is 25.0 Å². The van der Waals surface area contributed by atoms with Crippen molar-refractivity contribution in [3.05, 3.63) is 47.3 Å². The van der Waals surface area contributed by atoms with Crippen LogP contribution in [0.4, 0.5) is 0 Å². The molecule has 11 nitrogen and oxygen atoms in total. The van der Waals surface area contributed by atoms with E-state index < -0.39 is 17.7 Å². The van der Waals surface area contributed by atoms with Crippen LogP contribution in [0.3, 0.4) is 0 Å². The molecule has 0 spiro atoms. The molecule has 11 heteroatoms. The Hall–Kier alpha value is -3.98. The molecule has 3 aromatic rings. The quantitative estimate of drug-likeness (QED) is 0.265. The molecule has 0 saturated heterocycles. The van der Waals surface area contributed by atoms with Gasteiger partial charge in [-0.05, 0) is 13.8 Å². The van der Waals surface area contributed by atoms with Crippen molar-refractivity contribution in [1.29, 1.82) is 0 Å². The van der Waals surface area contributed by atoms with Crippen LogP contribution in [0.5, 0.6) is 0 Å². The normalized spacial score (nSPS) is 10.4. The Morgan fingerprint density at radius 3 is 2.43 bits per heavy atom. The Balaban J connectivity index is 2.29. The average molecular weight is 381 g/mol. The molecule has 0 saturated carbocycles. The molecule has 142 valence electrons. The zero-order valence-corrected chi connectivity index (χ0v) is 15.1. The van der Waals surface area contributed by atoms with Gasteiger partial charge in [0.1, 0.15) is 5.69 Å². The Labute approximate surface area is 158 Å². The molecule has 0 atom stereocenters. The summed E-state index contributed by atoms with van der Waals surface area (Å²) in [4.78, 5) is 27.6. The fourth-order valence-corrected chi connectivity index (χ4v) is 2.48. The molecule has 28 heavy (non-hydrogen) atoms. The first-order chi connectivity index (χ1) is 13.6. The van der Waals surface area contributed by atoms with Crippen LogP contribution >= 0.6 is 0 Å². The number of benzene rings is 1. The van der Waals surface area contributed by atoms with Gasteiger partial charge in [0, 0.05) is 5.56 Å². The van der Waals surface area contributed by atoms with Gasteiger partial charge in [-0.2, -0.15) is 9.31 Å². The summed E-state index contributed by atoms with van der Waals surface area (Å²) >= 11 is 0. The number of nitrogens with zero attached hydrogens (tertiary/aromatic N) is 7. The molecule has 0 bridgehead atoms. The summed E-state index contributed by atoms with van der Waals surface area (Å²) in [5.41, 5.74) is 9.46. The maximum Gasteiger partial charge on any atom is 0.427 e. The number of carbonyl (C=O) groups is 2. The number of hydrogen-bond donors (Lipinski definition) is 0. The molecule has 0 aliphatic heterocycles. The van der Waals surface area contributed by atoms with Crippen LogP contribution in [-0.4, -0.2) is 60.7 Å². The van der Waals surface area contributed by atoms with E-state index in [1.54, 1.807) is 38.1 Å². The first kappa shape index (κ1) is 18.8. The lowest BCUT2D eigenvalue weighted by molar-refractivity contribution is -0.139. The number of hydrogen-bond acceptors (Lipinski definition) is 8. The minimum absolute atomic E-state index is 0.0286. The number of fused-ring (bicyclic) bond motifs is 1. The first-order valence-corrected chi connectivity index (χ1v) is 8.36. The van der Waals surface area contributed by atoms with Gasteiger partial charge in [-0.3, -0.25) is 0 Å².